The number of hydrogen-bond donors (Lipinski definition) is 0. The van der Waals surface area contributed by atoms with Crippen LogP contribution in [-0.2, 0) is 32.9 Å². The molecule has 0 N–H and O–H groups in total. The molecule has 0 amide bonds. The third kappa shape index (κ3) is 9.60. The van der Waals surface area contributed by atoms with Crippen LogP contribution in [-0.4, -0.2) is 45.1 Å². The second-order valence-electron chi connectivity index (χ2n) is 2.68. The average Bonchev–Trinajstić information content (AvgIpc) is 2.24. The summed E-state index contributed by atoms with van der Waals surface area (Å²) in [5.41, 5.74) is -1.18. The maximum Gasteiger partial charge on any atom is 1.00 e. The summed E-state index contributed by atoms with van der Waals surface area (Å²) in [6.07, 6.45) is 0. The van der Waals surface area contributed by atoms with Crippen molar-refractivity contribution in [1.82, 2.24) is 0 Å². The van der Waals surface area contributed by atoms with Gasteiger partial charge in [-0.25, -0.2) is 17.8 Å². The van der Waals surface area contributed by atoms with E-state index < -0.39 is 36.9 Å². The van der Waals surface area contributed by atoms with Crippen LogP contribution in [0.1, 0.15) is 13.8 Å². The molecule has 1 atom stereocenters. The molecule has 0 aromatic heterocycles. The Morgan fingerprint density at radius 1 is 1.16 bits per heavy atom. The van der Waals surface area contributed by atoms with Crippen molar-refractivity contribution in [3.05, 3.63) is 0 Å². The van der Waals surface area contributed by atoms with E-state index in [9.17, 15) is 22.3 Å². The molecule has 0 rings (SSSR count). The Morgan fingerprint density at radius 3 is 2.16 bits per heavy atom. The molecule has 0 radical (unpaired) electrons. The average molecular weight is 312 g/mol. The van der Waals surface area contributed by atoms with Crippen LogP contribution < -0.4 is 18.9 Å². The molecular weight excluding hydrogens is 298 g/mol. The van der Waals surface area contributed by atoms with Gasteiger partial charge < -0.3 is 13.8 Å². The van der Waals surface area contributed by atoms with Crippen molar-refractivity contribution in [3.8, 4) is 0 Å². The summed E-state index contributed by atoms with van der Waals surface area (Å²) in [4.78, 5) is 11.3. The maximum atomic E-state index is 11.8. The number of carbonyl (C=O) groups excluding carboxylic acids is 1. The minimum absolute atomic E-state index is 0. The van der Waals surface area contributed by atoms with Crippen molar-refractivity contribution in [2.24, 2.45) is 0 Å². The summed E-state index contributed by atoms with van der Waals surface area (Å²) in [5, 5.41) is 0. The zero-order valence-electron chi connectivity index (χ0n) is 10.9. The first kappa shape index (κ1) is 21.4. The van der Waals surface area contributed by atoms with Crippen LogP contribution in [0.15, 0.2) is 0 Å². The fourth-order valence-corrected chi connectivity index (χ4v) is 2.31. The normalized spacial score (nSPS) is 14.3. The van der Waals surface area contributed by atoms with E-state index in [1.54, 1.807) is 0 Å². The molecule has 9 nitrogen and oxygen atoms in total. The summed E-state index contributed by atoms with van der Waals surface area (Å²) in [7, 11) is -9.01. The van der Waals surface area contributed by atoms with Crippen molar-refractivity contribution in [2.75, 3.05) is 26.4 Å². The van der Waals surface area contributed by atoms with Gasteiger partial charge >= 0.3 is 32.2 Å². The summed E-state index contributed by atoms with van der Waals surface area (Å²) in [5.74, 6) is 0. The molecular formula is C7H14LiO9PS. The van der Waals surface area contributed by atoms with E-state index in [0.29, 0.717) is 0 Å². The molecule has 0 aliphatic carbocycles. The summed E-state index contributed by atoms with van der Waals surface area (Å²) in [6.45, 7) is 1.64. The molecule has 0 heterocycles. The molecule has 0 saturated carbocycles. The number of hydrogen-bond acceptors (Lipinski definition) is 9. The van der Waals surface area contributed by atoms with Gasteiger partial charge in [0.05, 0.1) is 26.4 Å². The molecule has 0 bridgehead atoms. The van der Waals surface area contributed by atoms with Gasteiger partial charge in [-0.15, -0.1) is 0 Å². The van der Waals surface area contributed by atoms with Gasteiger partial charge in [-0.05, 0) is 13.8 Å². The largest absolute Gasteiger partial charge is 1.00 e. The van der Waals surface area contributed by atoms with Gasteiger partial charge in [0, 0.05) is 0 Å². The Bertz CT molecular complexity index is 409. The first-order chi connectivity index (χ1) is 8.25. The number of ether oxygens (including phenoxy) is 1. The quantitative estimate of drug-likeness (QED) is 0.154. The van der Waals surface area contributed by atoms with E-state index >= 15 is 0 Å². The Morgan fingerprint density at radius 2 is 1.74 bits per heavy atom. The minimum Gasteiger partial charge on any atom is -0.726 e. The zero-order chi connectivity index (χ0) is 14.2. The van der Waals surface area contributed by atoms with Gasteiger partial charge in [0.1, 0.15) is 0 Å². The zero-order valence-corrected chi connectivity index (χ0v) is 12.6. The maximum absolute atomic E-state index is 11.8. The van der Waals surface area contributed by atoms with Crippen molar-refractivity contribution >= 4 is 23.7 Å². The molecule has 19 heavy (non-hydrogen) atoms. The molecule has 0 aromatic carbocycles. The van der Waals surface area contributed by atoms with Crippen LogP contribution in [0.4, 0.5) is 4.79 Å². The summed E-state index contributed by atoms with van der Waals surface area (Å²) in [6, 6.07) is 0. The van der Waals surface area contributed by atoms with Crippen molar-refractivity contribution in [3.63, 3.8) is 0 Å². The Labute approximate surface area is 123 Å². The molecule has 12 heteroatoms. The summed E-state index contributed by atoms with van der Waals surface area (Å²) < 4.78 is 59.7. The second-order valence-corrected chi connectivity index (χ2v) is 5.61. The van der Waals surface area contributed by atoms with Crippen LogP contribution >= 0.6 is 7.60 Å². The van der Waals surface area contributed by atoms with E-state index in [-0.39, 0.29) is 32.1 Å². The monoisotopic (exact) mass is 312 g/mol. The van der Waals surface area contributed by atoms with Crippen molar-refractivity contribution in [2.45, 2.75) is 13.8 Å². The van der Waals surface area contributed by atoms with Crippen LogP contribution in [0.5, 0.6) is 0 Å². The smallest absolute Gasteiger partial charge is 0.726 e. The molecule has 0 spiro atoms. The molecule has 0 aliphatic heterocycles. The molecule has 1 unspecified atom stereocenters. The first-order valence-corrected chi connectivity index (χ1v) is 7.79. The third-order valence-corrected chi connectivity index (χ3v) is 3.51. The minimum atomic E-state index is -4.86. The third-order valence-electron chi connectivity index (χ3n) is 1.36. The number of carbonyl (C=O) groups is 1. The molecule has 0 fully saturated rings. The van der Waals surface area contributed by atoms with E-state index in [1.165, 1.54) is 13.8 Å². The first-order valence-electron chi connectivity index (χ1n) is 4.92. The van der Waals surface area contributed by atoms with Crippen molar-refractivity contribution < 1.29 is 59.2 Å². The SMILES string of the molecule is CCOC(=O)P(=O)(OCC)OCCOS(=O)(=O)[O-].[Li+]. The standard InChI is InChI=1S/C7H15O9PS.Li/c1-3-13-7(8)17(9,14-4-2)15-5-6-16-18(10,11)12;/h3-6H2,1-2H3,(H,10,11,12);/q;+1/p-1. The summed E-state index contributed by atoms with van der Waals surface area (Å²) >= 11 is 0. The Hall–Kier alpha value is 0.0874. The molecule has 0 aromatic rings. The van der Waals surface area contributed by atoms with E-state index in [0.717, 1.165) is 0 Å². The van der Waals surface area contributed by atoms with Gasteiger partial charge in [-0.2, -0.15) is 0 Å². The second kappa shape index (κ2) is 9.91. The van der Waals surface area contributed by atoms with E-state index in [4.69, 9.17) is 0 Å². The van der Waals surface area contributed by atoms with Gasteiger partial charge in [-0.3, -0.25) is 8.71 Å². The van der Waals surface area contributed by atoms with Crippen LogP contribution in [0.25, 0.3) is 0 Å². The predicted molar refractivity (Wildman–Crippen MR) is 57.9 cm³/mol. The van der Waals surface area contributed by atoms with E-state index in [1.807, 2.05) is 0 Å². The van der Waals surface area contributed by atoms with Crippen molar-refractivity contribution in [1.29, 1.82) is 0 Å². The Kier molecular flexibility index (Phi) is 11.2. The molecule has 0 aliphatic rings. The van der Waals surface area contributed by atoms with Crippen LogP contribution in [0.2, 0.25) is 0 Å². The van der Waals surface area contributed by atoms with Crippen LogP contribution in [0.3, 0.4) is 0 Å². The predicted octanol–water partition coefficient (Wildman–Crippen LogP) is -2.13. The van der Waals surface area contributed by atoms with Crippen LogP contribution in [0, 0.1) is 0 Å². The van der Waals surface area contributed by atoms with Gasteiger partial charge in [-0.1, -0.05) is 0 Å². The van der Waals surface area contributed by atoms with Gasteiger partial charge in [0.2, 0.25) is 10.4 Å². The van der Waals surface area contributed by atoms with Gasteiger partial charge in [0.25, 0.3) is 0 Å². The number of rotatable bonds is 9. The topological polar surface area (TPSA) is 128 Å². The fraction of sp³-hybridized carbons (Fsp3) is 0.857. The fourth-order valence-electron chi connectivity index (χ4n) is 0.809. The van der Waals surface area contributed by atoms with Gasteiger partial charge in [0.15, 0.2) is 0 Å². The molecule has 108 valence electrons. The Balaban J connectivity index is 0. The molecule has 0 saturated heterocycles. The van der Waals surface area contributed by atoms with E-state index in [2.05, 4.69) is 18.0 Å².